The van der Waals surface area contributed by atoms with Crippen LogP contribution < -0.4 is 0 Å². The van der Waals surface area contributed by atoms with E-state index in [9.17, 15) is 0 Å². The Labute approximate surface area is 122 Å². The predicted octanol–water partition coefficient (Wildman–Crippen LogP) is 5.19. The Hall–Kier alpha value is -0.790. The predicted molar refractivity (Wildman–Crippen MR) is 83.6 cm³/mol. The van der Waals surface area contributed by atoms with Crippen LogP contribution in [0.25, 0.3) is 0 Å². The van der Waals surface area contributed by atoms with Gasteiger partial charge in [-0.15, -0.1) is 11.6 Å². The van der Waals surface area contributed by atoms with Gasteiger partial charge in [-0.3, -0.25) is 0 Å². The highest BCUT2D eigenvalue weighted by molar-refractivity contribution is 6.19. The van der Waals surface area contributed by atoms with Gasteiger partial charge in [0.25, 0.3) is 0 Å². The summed E-state index contributed by atoms with van der Waals surface area (Å²) in [5.41, 5.74) is 2.52. The Morgan fingerprint density at radius 1 is 1.26 bits per heavy atom. The third-order valence-electron chi connectivity index (χ3n) is 3.23. The highest BCUT2D eigenvalue weighted by Gasteiger charge is 2.01. The topological polar surface area (TPSA) is 9.23 Å². The second-order valence-electron chi connectivity index (χ2n) is 5.19. The van der Waals surface area contributed by atoms with Crippen molar-refractivity contribution in [1.29, 1.82) is 0 Å². The zero-order chi connectivity index (χ0) is 13.9. The maximum Gasteiger partial charge on any atom is 0.0716 e. The Kier molecular flexibility index (Phi) is 8.61. The molecular formula is C17H25ClO. The number of allylic oxidation sites excluding steroid dienone is 2. The first-order valence-corrected chi connectivity index (χ1v) is 7.59. The van der Waals surface area contributed by atoms with Gasteiger partial charge in [-0.25, -0.2) is 0 Å². The van der Waals surface area contributed by atoms with Crippen LogP contribution in [0.2, 0.25) is 0 Å². The Morgan fingerprint density at radius 3 is 2.68 bits per heavy atom. The van der Waals surface area contributed by atoms with Crippen LogP contribution in [0.4, 0.5) is 0 Å². The van der Waals surface area contributed by atoms with Crippen molar-refractivity contribution in [3.63, 3.8) is 0 Å². The molecule has 0 fully saturated rings. The van der Waals surface area contributed by atoms with E-state index in [1.165, 1.54) is 17.6 Å². The van der Waals surface area contributed by atoms with Gasteiger partial charge in [-0.2, -0.15) is 0 Å². The van der Waals surface area contributed by atoms with Gasteiger partial charge < -0.3 is 4.74 Å². The minimum atomic E-state index is 0.647. The summed E-state index contributed by atoms with van der Waals surface area (Å²) in [4.78, 5) is 0. The molecule has 0 aromatic heterocycles. The van der Waals surface area contributed by atoms with E-state index in [2.05, 4.69) is 32.1 Å². The molecule has 0 saturated heterocycles. The van der Waals surface area contributed by atoms with Gasteiger partial charge >= 0.3 is 0 Å². The van der Waals surface area contributed by atoms with Crippen molar-refractivity contribution in [2.75, 3.05) is 12.5 Å². The van der Waals surface area contributed by atoms with Crippen LogP contribution in [0.15, 0.2) is 42.0 Å². The van der Waals surface area contributed by atoms with Crippen LogP contribution in [0.5, 0.6) is 0 Å². The quantitative estimate of drug-likeness (QED) is 0.343. The van der Waals surface area contributed by atoms with Gasteiger partial charge in [0.05, 0.1) is 6.61 Å². The molecule has 1 aromatic rings. The number of halogens is 1. The molecule has 0 aliphatic heterocycles. The second-order valence-corrected chi connectivity index (χ2v) is 5.46. The second kappa shape index (κ2) is 10.1. The van der Waals surface area contributed by atoms with Gasteiger partial charge in [0.15, 0.2) is 0 Å². The largest absolute Gasteiger partial charge is 0.377 e. The lowest BCUT2D eigenvalue weighted by atomic mass is 10.0. The van der Waals surface area contributed by atoms with E-state index in [1.807, 2.05) is 18.2 Å². The molecule has 0 amide bonds. The molecule has 1 aromatic carbocycles. The zero-order valence-corrected chi connectivity index (χ0v) is 12.8. The van der Waals surface area contributed by atoms with Crippen molar-refractivity contribution in [3.8, 4) is 0 Å². The number of hydrogen-bond acceptors (Lipinski definition) is 1. The highest BCUT2D eigenvalue weighted by Crippen LogP contribution is 2.13. The van der Waals surface area contributed by atoms with Crippen molar-refractivity contribution in [3.05, 3.63) is 47.5 Å². The molecule has 2 heteroatoms. The summed E-state index contributed by atoms with van der Waals surface area (Å²) in [7, 11) is 0. The molecule has 1 unspecified atom stereocenters. The molecule has 0 saturated carbocycles. The number of hydrogen-bond donors (Lipinski definition) is 0. The highest BCUT2D eigenvalue weighted by atomic mass is 35.5. The summed E-state index contributed by atoms with van der Waals surface area (Å²) in [6.07, 6.45) is 5.70. The fraction of sp³-hybridized carbons (Fsp3) is 0.529. The van der Waals surface area contributed by atoms with Gasteiger partial charge in [0.1, 0.15) is 0 Å². The molecule has 19 heavy (non-hydrogen) atoms. The van der Waals surface area contributed by atoms with Crippen molar-refractivity contribution < 1.29 is 4.74 Å². The van der Waals surface area contributed by atoms with Gasteiger partial charge in [0.2, 0.25) is 0 Å². The average molecular weight is 281 g/mol. The van der Waals surface area contributed by atoms with Crippen LogP contribution in [0, 0.1) is 5.92 Å². The molecule has 0 radical (unpaired) electrons. The van der Waals surface area contributed by atoms with Crippen LogP contribution in [0.3, 0.4) is 0 Å². The molecule has 0 aliphatic rings. The minimum Gasteiger partial charge on any atom is -0.377 e. The molecule has 0 spiro atoms. The maximum absolute atomic E-state index is 5.74. The zero-order valence-electron chi connectivity index (χ0n) is 12.1. The number of ether oxygens (including phenoxy) is 1. The fourth-order valence-corrected chi connectivity index (χ4v) is 1.97. The molecule has 0 bridgehead atoms. The smallest absolute Gasteiger partial charge is 0.0716 e. The standard InChI is InChI=1S/C17H25ClO/c1-15(7-6-8-16(2)13-18)11-12-19-14-17-9-4-3-5-10-17/h3-5,8-10,15H,6-7,11-14H2,1-2H3. The van der Waals surface area contributed by atoms with Crippen LogP contribution >= 0.6 is 11.6 Å². The molecule has 0 N–H and O–H groups in total. The third kappa shape index (κ3) is 8.07. The van der Waals surface area contributed by atoms with Crippen LogP contribution in [-0.2, 0) is 11.3 Å². The lowest BCUT2D eigenvalue weighted by molar-refractivity contribution is 0.108. The van der Waals surface area contributed by atoms with Gasteiger partial charge in [0, 0.05) is 12.5 Å². The third-order valence-corrected chi connectivity index (χ3v) is 3.65. The molecular weight excluding hydrogens is 256 g/mol. The molecule has 106 valence electrons. The summed E-state index contributed by atoms with van der Waals surface area (Å²) in [6, 6.07) is 10.3. The van der Waals surface area contributed by atoms with E-state index >= 15 is 0 Å². The normalized spacial score (nSPS) is 13.5. The average Bonchev–Trinajstić information content (AvgIpc) is 2.44. The molecule has 0 heterocycles. The lowest BCUT2D eigenvalue weighted by Gasteiger charge is -2.10. The van der Waals surface area contributed by atoms with Crippen molar-refractivity contribution >= 4 is 11.6 Å². The molecule has 0 aliphatic carbocycles. The van der Waals surface area contributed by atoms with Gasteiger partial charge in [-0.1, -0.05) is 48.9 Å². The van der Waals surface area contributed by atoms with E-state index in [-0.39, 0.29) is 0 Å². The first-order valence-electron chi connectivity index (χ1n) is 7.05. The Bertz CT molecular complexity index is 359. The van der Waals surface area contributed by atoms with Gasteiger partial charge in [-0.05, 0) is 37.7 Å². The summed E-state index contributed by atoms with van der Waals surface area (Å²) in [5.74, 6) is 1.35. The molecule has 1 atom stereocenters. The molecule has 1 rings (SSSR count). The lowest BCUT2D eigenvalue weighted by Crippen LogP contribution is -2.02. The van der Waals surface area contributed by atoms with E-state index in [4.69, 9.17) is 16.3 Å². The SMILES string of the molecule is CC(=CCCC(C)CCOCc1ccccc1)CCl. The first kappa shape index (κ1) is 16.3. The van der Waals surface area contributed by atoms with E-state index in [1.54, 1.807) is 0 Å². The minimum absolute atomic E-state index is 0.647. The Morgan fingerprint density at radius 2 is 2.00 bits per heavy atom. The van der Waals surface area contributed by atoms with E-state index in [0.717, 1.165) is 26.1 Å². The monoisotopic (exact) mass is 280 g/mol. The molecule has 1 nitrogen and oxygen atoms in total. The summed E-state index contributed by atoms with van der Waals surface area (Å²) in [6.45, 7) is 5.93. The first-order chi connectivity index (χ1) is 9.22. The number of benzene rings is 1. The summed E-state index contributed by atoms with van der Waals surface area (Å²) >= 11 is 5.74. The van der Waals surface area contributed by atoms with Crippen molar-refractivity contribution in [2.24, 2.45) is 5.92 Å². The van der Waals surface area contributed by atoms with Crippen LogP contribution in [0.1, 0.15) is 38.7 Å². The Balaban J connectivity index is 2.06. The van der Waals surface area contributed by atoms with Crippen molar-refractivity contribution in [2.45, 2.75) is 39.7 Å². The summed E-state index contributed by atoms with van der Waals surface area (Å²) < 4.78 is 5.70. The van der Waals surface area contributed by atoms with E-state index < -0.39 is 0 Å². The van der Waals surface area contributed by atoms with Crippen molar-refractivity contribution in [1.82, 2.24) is 0 Å². The number of alkyl halides is 1. The van der Waals surface area contributed by atoms with Crippen LogP contribution in [-0.4, -0.2) is 12.5 Å². The number of rotatable bonds is 9. The van der Waals surface area contributed by atoms with E-state index in [0.29, 0.717) is 11.8 Å². The maximum atomic E-state index is 5.74. The fourth-order valence-electron chi connectivity index (χ4n) is 1.86. The summed E-state index contributed by atoms with van der Waals surface area (Å²) in [5, 5.41) is 0.